The van der Waals surface area contributed by atoms with Crippen molar-refractivity contribution in [3.63, 3.8) is 0 Å². The third-order valence-corrected chi connectivity index (χ3v) is 3.75. The zero-order valence-electron chi connectivity index (χ0n) is 10.2. The number of H-pyrrole nitrogens is 1. The summed E-state index contributed by atoms with van der Waals surface area (Å²) in [4.78, 5) is 20.9. The molecule has 21 heavy (non-hydrogen) atoms. The molecule has 1 aromatic carbocycles. The van der Waals surface area contributed by atoms with Crippen molar-refractivity contribution in [2.75, 3.05) is 4.72 Å². The van der Waals surface area contributed by atoms with E-state index in [4.69, 9.17) is 5.11 Å². The standard InChI is InChI=1S/C10H8N4O6S/c15-10(16)7-5-6(14(17)18)1-2-8(7)13-21(19,20)9-3-4-11-12-9/h1-5,13H,(H,11,12)(H,15,16). The lowest BCUT2D eigenvalue weighted by molar-refractivity contribution is -0.384. The van der Waals surface area contributed by atoms with Gasteiger partial charge >= 0.3 is 5.97 Å². The highest BCUT2D eigenvalue weighted by atomic mass is 32.2. The van der Waals surface area contributed by atoms with E-state index in [1.54, 1.807) is 0 Å². The maximum absolute atomic E-state index is 11.9. The minimum absolute atomic E-state index is 0.266. The number of rotatable bonds is 5. The van der Waals surface area contributed by atoms with E-state index >= 15 is 0 Å². The molecule has 11 heteroatoms. The second kappa shape index (κ2) is 5.20. The van der Waals surface area contributed by atoms with Crippen LogP contribution in [0.3, 0.4) is 0 Å². The summed E-state index contributed by atoms with van der Waals surface area (Å²) in [6.45, 7) is 0. The summed E-state index contributed by atoms with van der Waals surface area (Å²) in [5.41, 5.74) is -1.29. The number of nitro benzene ring substituents is 1. The van der Waals surface area contributed by atoms with Crippen molar-refractivity contribution in [3.8, 4) is 0 Å². The molecule has 0 bridgehead atoms. The first kappa shape index (κ1) is 14.5. The zero-order valence-corrected chi connectivity index (χ0v) is 11.0. The van der Waals surface area contributed by atoms with Crippen LogP contribution >= 0.6 is 0 Å². The Morgan fingerprint density at radius 1 is 1.38 bits per heavy atom. The maximum Gasteiger partial charge on any atom is 0.338 e. The molecule has 1 aromatic heterocycles. The van der Waals surface area contributed by atoms with Crippen LogP contribution in [0, 0.1) is 10.1 Å². The van der Waals surface area contributed by atoms with Crippen LogP contribution in [0.1, 0.15) is 10.4 Å². The molecule has 1 heterocycles. The van der Waals surface area contributed by atoms with Crippen molar-refractivity contribution >= 4 is 27.4 Å². The first-order valence-corrected chi connectivity index (χ1v) is 6.83. The van der Waals surface area contributed by atoms with Gasteiger partial charge in [0.15, 0.2) is 5.03 Å². The summed E-state index contributed by atoms with van der Waals surface area (Å²) in [7, 11) is -4.06. The monoisotopic (exact) mass is 312 g/mol. The summed E-state index contributed by atoms with van der Waals surface area (Å²) in [6.07, 6.45) is 1.21. The Bertz CT molecular complexity index is 799. The Hall–Kier alpha value is -2.95. The number of anilines is 1. The molecule has 0 aliphatic heterocycles. The predicted octanol–water partition coefficient (Wildman–Crippen LogP) is 0.817. The van der Waals surface area contributed by atoms with E-state index in [1.807, 2.05) is 4.72 Å². The molecule has 3 N–H and O–H groups in total. The lowest BCUT2D eigenvalue weighted by atomic mass is 10.1. The topological polar surface area (TPSA) is 155 Å². The fourth-order valence-corrected chi connectivity index (χ4v) is 2.49. The van der Waals surface area contributed by atoms with E-state index in [2.05, 4.69) is 10.2 Å². The molecule has 10 nitrogen and oxygen atoms in total. The second-order valence-corrected chi connectivity index (χ2v) is 5.47. The van der Waals surface area contributed by atoms with Gasteiger partial charge in [-0.3, -0.25) is 19.9 Å². The van der Waals surface area contributed by atoms with Gasteiger partial charge in [-0.2, -0.15) is 13.5 Å². The summed E-state index contributed by atoms with van der Waals surface area (Å²) in [5, 5.41) is 25.1. The minimum atomic E-state index is -4.06. The fraction of sp³-hybridized carbons (Fsp3) is 0. The number of benzene rings is 1. The third kappa shape index (κ3) is 2.97. The Morgan fingerprint density at radius 2 is 2.10 bits per heavy atom. The minimum Gasteiger partial charge on any atom is -0.478 e. The highest BCUT2D eigenvalue weighted by molar-refractivity contribution is 7.92. The molecule has 0 spiro atoms. The van der Waals surface area contributed by atoms with Crippen LogP contribution in [0.4, 0.5) is 11.4 Å². The van der Waals surface area contributed by atoms with Crippen LogP contribution in [0.25, 0.3) is 0 Å². The number of non-ortho nitro benzene ring substituents is 1. The van der Waals surface area contributed by atoms with Crippen LogP contribution in [0.5, 0.6) is 0 Å². The Kier molecular flexibility index (Phi) is 3.58. The molecule has 0 radical (unpaired) electrons. The number of sulfonamides is 1. The number of aromatic amines is 1. The van der Waals surface area contributed by atoms with Crippen LogP contribution in [0.15, 0.2) is 35.5 Å². The third-order valence-electron chi connectivity index (χ3n) is 2.45. The predicted molar refractivity (Wildman–Crippen MR) is 69.5 cm³/mol. The van der Waals surface area contributed by atoms with Crippen LogP contribution in [-0.4, -0.2) is 34.6 Å². The van der Waals surface area contributed by atoms with Gasteiger partial charge in [0.25, 0.3) is 15.7 Å². The molecule has 0 saturated carbocycles. The first-order chi connectivity index (χ1) is 9.81. The van der Waals surface area contributed by atoms with E-state index in [1.165, 1.54) is 12.3 Å². The van der Waals surface area contributed by atoms with Crippen molar-refractivity contribution in [1.29, 1.82) is 0 Å². The molecule has 2 aromatic rings. The second-order valence-electron chi connectivity index (χ2n) is 3.82. The quantitative estimate of drug-likeness (QED) is 0.545. The lowest BCUT2D eigenvalue weighted by Gasteiger charge is -2.09. The Morgan fingerprint density at radius 3 is 2.62 bits per heavy atom. The van der Waals surface area contributed by atoms with Crippen LogP contribution < -0.4 is 4.72 Å². The summed E-state index contributed by atoms with van der Waals surface area (Å²) >= 11 is 0. The summed E-state index contributed by atoms with van der Waals surface area (Å²) < 4.78 is 25.9. The molecule has 0 atom stereocenters. The number of nitrogens with zero attached hydrogens (tertiary/aromatic N) is 2. The van der Waals surface area contributed by atoms with Gasteiger partial charge in [0.1, 0.15) is 0 Å². The van der Waals surface area contributed by atoms with Crippen molar-refractivity contribution in [2.24, 2.45) is 0 Å². The highest BCUT2D eigenvalue weighted by Crippen LogP contribution is 2.24. The average molecular weight is 312 g/mol. The van der Waals surface area contributed by atoms with Gasteiger partial charge in [0.2, 0.25) is 0 Å². The number of nitro groups is 1. The van der Waals surface area contributed by atoms with Gasteiger partial charge in [-0.25, -0.2) is 4.79 Å². The summed E-state index contributed by atoms with van der Waals surface area (Å²) in [5.74, 6) is -1.50. The van der Waals surface area contributed by atoms with Gasteiger partial charge < -0.3 is 5.11 Å². The molecule has 0 aliphatic carbocycles. The molecule has 0 aliphatic rings. The number of carboxylic acid groups (broad SMARTS) is 1. The van der Waals surface area contributed by atoms with E-state index in [-0.39, 0.29) is 10.7 Å². The number of nitrogens with one attached hydrogen (secondary N) is 2. The van der Waals surface area contributed by atoms with E-state index in [0.717, 1.165) is 18.2 Å². The van der Waals surface area contributed by atoms with Crippen molar-refractivity contribution in [1.82, 2.24) is 10.2 Å². The van der Waals surface area contributed by atoms with Crippen molar-refractivity contribution < 1.29 is 23.2 Å². The summed E-state index contributed by atoms with van der Waals surface area (Å²) in [6, 6.07) is 3.95. The average Bonchev–Trinajstić information content (AvgIpc) is 2.92. The molecule has 0 amide bonds. The number of aromatic carboxylic acids is 1. The number of aromatic nitrogens is 2. The van der Waals surface area contributed by atoms with Gasteiger partial charge in [-0.15, -0.1) is 0 Å². The fourth-order valence-electron chi connectivity index (χ4n) is 1.50. The lowest BCUT2D eigenvalue weighted by Crippen LogP contribution is -2.16. The van der Waals surface area contributed by atoms with Gasteiger partial charge in [0.05, 0.1) is 22.4 Å². The SMILES string of the molecule is O=C(O)c1cc([N+](=O)[O-])ccc1NS(=O)(=O)c1ccn[nH]1. The van der Waals surface area contributed by atoms with Crippen molar-refractivity contribution in [2.45, 2.75) is 5.03 Å². The van der Waals surface area contributed by atoms with E-state index < -0.39 is 32.2 Å². The molecular weight excluding hydrogens is 304 g/mol. The Labute approximate surface area is 117 Å². The Balaban J connectivity index is 2.45. The highest BCUT2D eigenvalue weighted by Gasteiger charge is 2.21. The molecular formula is C10H8N4O6S. The van der Waals surface area contributed by atoms with Crippen molar-refractivity contribution in [3.05, 3.63) is 46.1 Å². The van der Waals surface area contributed by atoms with Crippen LogP contribution in [-0.2, 0) is 10.0 Å². The number of hydrogen-bond donors (Lipinski definition) is 3. The molecule has 0 unspecified atom stereocenters. The first-order valence-electron chi connectivity index (χ1n) is 5.35. The maximum atomic E-state index is 11.9. The van der Waals surface area contributed by atoms with Crippen LogP contribution in [0.2, 0.25) is 0 Å². The van der Waals surface area contributed by atoms with Gasteiger partial charge in [-0.1, -0.05) is 0 Å². The molecule has 2 rings (SSSR count). The number of carbonyl (C=O) groups is 1. The smallest absolute Gasteiger partial charge is 0.338 e. The molecule has 0 fully saturated rings. The number of hydrogen-bond acceptors (Lipinski definition) is 6. The normalized spacial score (nSPS) is 11.0. The largest absolute Gasteiger partial charge is 0.478 e. The van der Waals surface area contributed by atoms with Gasteiger partial charge in [0, 0.05) is 12.1 Å². The van der Waals surface area contributed by atoms with E-state index in [0.29, 0.717) is 0 Å². The molecule has 110 valence electrons. The molecule has 0 saturated heterocycles. The number of carboxylic acids is 1. The van der Waals surface area contributed by atoms with E-state index in [9.17, 15) is 23.3 Å². The van der Waals surface area contributed by atoms with Gasteiger partial charge in [-0.05, 0) is 12.1 Å². The zero-order chi connectivity index (χ0) is 15.6.